The first kappa shape index (κ1) is 9.86. The standard InChI is InChI=1S/C5H12N4O2/c6-4(5(10)11)1-2-8-3-9-7/h3-4H,1-2,6-7H2,(H,8,9)(H,10,11)/t4-/m0/s1. The highest BCUT2D eigenvalue weighted by Gasteiger charge is 2.08. The zero-order valence-corrected chi connectivity index (χ0v) is 6.03. The number of aliphatic carboxylic acids is 1. The highest BCUT2D eigenvalue weighted by molar-refractivity contribution is 5.73. The van der Waals surface area contributed by atoms with Crippen molar-refractivity contribution in [3.8, 4) is 0 Å². The van der Waals surface area contributed by atoms with Crippen LogP contribution >= 0.6 is 0 Å². The molecule has 0 aliphatic carbocycles. The first-order valence-electron chi connectivity index (χ1n) is 3.11. The third-order valence-corrected chi connectivity index (χ3v) is 1.05. The average Bonchev–Trinajstić information content (AvgIpc) is 1.97. The molecule has 0 spiro atoms. The van der Waals surface area contributed by atoms with Gasteiger partial charge in [-0.25, -0.2) is 5.84 Å². The molecule has 0 saturated heterocycles. The van der Waals surface area contributed by atoms with Crippen molar-refractivity contribution in [1.82, 2.24) is 5.43 Å². The molecule has 0 amide bonds. The predicted octanol–water partition coefficient (Wildman–Crippen LogP) is -1.72. The molecule has 0 radical (unpaired) electrons. The molecule has 6 heteroatoms. The summed E-state index contributed by atoms with van der Waals surface area (Å²) in [4.78, 5) is 13.9. The van der Waals surface area contributed by atoms with Crippen LogP contribution in [-0.2, 0) is 4.79 Å². The van der Waals surface area contributed by atoms with Crippen molar-refractivity contribution in [2.24, 2.45) is 16.6 Å². The zero-order valence-electron chi connectivity index (χ0n) is 6.03. The molecule has 0 aromatic rings. The summed E-state index contributed by atoms with van der Waals surface area (Å²) in [6.07, 6.45) is 1.60. The summed E-state index contributed by atoms with van der Waals surface area (Å²) in [5.74, 6) is 3.85. The van der Waals surface area contributed by atoms with Gasteiger partial charge in [0.15, 0.2) is 0 Å². The minimum Gasteiger partial charge on any atom is -0.480 e. The van der Waals surface area contributed by atoms with Gasteiger partial charge in [-0.3, -0.25) is 9.79 Å². The van der Waals surface area contributed by atoms with Crippen LogP contribution in [0.15, 0.2) is 4.99 Å². The van der Waals surface area contributed by atoms with E-state index in [2.05, 4.69) is 10.4 Å². The van der Waals surface area contributed by atoms with Gasteiger partial charge in [-0.1, -0.05) is 0 Å². The Labute approximate surface area is 64.2 Å². The quantitative estimate of drug-likeness (QED) is 0.165. The van der Waals surface area contributed by atoms with E-state index in [0.717, 1.165) is 0 Å². The lowest BCUT2D eigenvalue weighted by Gasteiger charge is -2.01. The van der Waals surface area contributed by atoms with E-state index < -0.39 is 12.0 Å². The molecular formula is C5H12N4O2. The molecule has 11 heavy (non-hydrogen) atoms. The Bertz CT molecular complexity index is 147. The van der Waals surface area contributed by atoms with Crippen LogP contribution in [0.4, 0.5) is 0 Å². The number of nitrogens with two attached hydrogens (primary N) is 2. The lowest BCUT2D eigenvalue weighted by molar-refractivity contribution is -0.138. The van der Waals surface area contributed by atoms with Crippen molar-refractivity contribution >= 4 is 12.3 Å². The molecule has 0 aliphatic heterocycles. The number of carboxylic acids is 1. The van der Waals surface area contributed by atoms with Gasteiger partial charge in [-0.2, -0.15) is 0 Å². The second kappa shape index (κ2) is 5.63. The van der Waals surface area contributed by atoms with E-state index in [1.807, 2.05) is 0 Å². The van der Waals surface area contributed by atoms with Crippen LogP contribution in [0.1, 0.15) is 6.42 Å². The van der Waals surface area contributed by atoms with Gasteiger partial charge >= 0.3 is 5.97 Å². The maximum Gasteiger partial charge on any atom is 0.320 e. The summed E-state index contributed by atoms with van der Waals surface area (Å²) < 4.78 is 0. The normalized spacial score (nSPS) is 13.3. The van der Waals surface area contributed by atoms with E-state index in [9.17, 15) is 4.79 Å². The fourth-order valence-electron chi connectivity index (χ4n) is 0.454. The van der Waals surface area contributed by atoms with Crippen LogP contribution in [0.3, 0.4) is 0 Å². The summed E-state index contributed by atoms with van der Waals surface area (Å²) in [6.45, 7) is 0.359. The number of carboxylic acid groups (broad SMARTS) is 1. The number of rotatable bonds is 5. The van der Waals surface area contributed by atoms with Crippen LogP contribution in [0.5, 0.6) is 0 Å². The zero-order chi connectivity index (χ0) is 8.69. The SMILES string of the molecule is NNC=NCC[C@H](N)C(=O)O. The first-order chi connectivity index (χ1) is 5.18. The van der Waals surface area contributed by atoms with Crippen LogP contribution in [0.25, 0.3) is 0 Å². The van der Waals surface area contributed by atoms with Crippen molar-refractivity contribution in [2.45, 2.75) is 12.5 Å². The van der Waals surface area contributed by atoms with E-state index in [1.54, 1.807) is 0 Å². The van der Waals surface area contributed by atoms with E-state index >= 15 is 0 Å². The number of hydrogen-bond donors (Lipinski definition) is 4. The number of hydrazine groups is 1. The van der Waals surface area contributed by atoms with Gasteiger partial charge in [-0.15, -0.1) is 0 Å². The molecule has 0 rings (SSSR count). The fraction of sp³-hybridized carbons (Fsp3) is 0.600. The Balaban J connectivity index is 3.38. The van der Waals surface area contributed by atoms with Crippen molar-refractivity contribution in [3.05, 3.63) is 0 Å². The fourth-order valence-corrected chi connectivity index (χ4v) is 0.454. The first-order valence-corrected chi connectivity index (χ1v) is 3.11. The van der Waals surface area contributed by atoms with Gasteiger partial charge in [0.05, 0.1) is 6.34 Å². The molecule has 6 nitrogen and oxygen atoms in total. The van der Waals surface area contributed by atoms with Crippen LogP contribution in [-0.4, -0.2) is 30.0 Å². The van der Waals surface area contributed by atoms with Gasteiger partial charge < -0.3 is 16.3 Å². The summed E-state index contributed by atoms with van der Waals surface area (Å²) >= 11 is 0. The van der Waals surface area contributed by atoms with Gasteiger partial charge in [-0.05, 0) is 6.42 Å². The Kier molecular flexibility index (Phi) is 5.05. The Hall–Kier alpha value is -1.14. The molecule has 0 saturated carbocycles. The van der Waals surface area contributed by atoms with E-state index in [1.165, 1.54) is 6.34 Å². The number of carbonyl (C=O) groups is 1. The second-order valence-electron chi connectivity index (χ2n) is 1.94. The van der Waals surface area contributed by atoms with Gasteiger partial charge in [0.25, 0.3) is 0 Å². The van der Waals surface area contributed by atoms with Gasteiger partial charge in [0.2, 0.25) is 0 Å². The molecule has 0 aromatic heterocycles. The number of nitrogens with zero attached hydrogens (tertiary/aromatic N) is 1. The Morgan fingerprint density at radius 2 is 2.45 bits per heavy atom. The smallest absolute Gasteiger partial charge is 0.320 e. The number of aliphatic imine (C=N–C) groups is 1. The second-order valence-corrected chi connectivity index (χ2v) is 1.94. The summed E-state index contributed by atoms with van der Waals surface area (Å²) in [5.41, 5.74) is 7.36. The third kappa shape index (κ3) is 5.31. The highest BCUT2D eigenvalue weighted by Crippen LogP contribution is 1.87. The number of nitrogens with one attached hydrogen (secondary N) is 1. The summed E-state index contributed by atoms with van der Waals surface area (Å²) in [5, 5.41) is 8.32. The molecule has 0 heterocycles. The van der Waals surface area contributed by atoms with Gasteiger partial charge in [0, 0.05) is 6.54 Å². The van der Waals surface area contributed by atoms with Gasteiger partial charge in [0.1, 0.15) is 6.04 Å². The molecule has 0 unspecified atom stereocenters. The molecule has 1 atom stereocenters. The lowest BCUT2D eigenvalue weighted by atomic mass is 10.2. The monoisotopic (exact) mass is 160 g/mol. The Morgan fingerprint density at radius 1 is 1.82 bits per heavy atom. The molecule has 0 fully saturated rings. The van der Waals surface area contributed by atoms with E-state index in [0.29, 0.717) is 13.0 Å². The minimum absolute atomic E-state index is 0.313. The van der Waals surface area contributed by atoms with E-state index in [-0.39, 0.29) is 0 Å². The van der Waals surface area contributed by atoms with Crippen LogP contribution < -0.4 is 17.0 Å². The van der Waals surface area contributed by atoms with Crippen molar-refractivity contribution < 1.29 is 9.90 Å². The highest BCUT2D eigenvalue weighted by atomic mass is 16.4. The van der Waals surface area contributed by atoms with Crippen molar-refractivity contribution in [3.63, 3.8) is 0 Å². The molecule has 6 N–H and O–H groups in total. The number of hydrogen-bond acceptors (Lipinski definition) is 4. The van der Waals surface area contributed by atoms with Crippen molar-refractivity contribution in [2.75, 3.05) is 6.54 Å². The van der Waals surface area contributed by atoms with Crippen LogP contribution in [0, 0.1) is 0 Å². The summed E-state index contributed by atoms with van der Waals surface area (Å²) in [7, 11) is 0. The molecule has 0 bridgehead atoms. The van der Waals surface area contributed by atoms with E-state index in [4.69, 9.17) is 16.7 Å². The molecule has 0 aromatic carbocycles. The molecule has 0 aliphatic rings. The summed E-state index contributed by atoms with van der Waals surface area (Å²) in [6, 6.07) is -0.843. The predicted molar refractivity (Wildman–Crippen MR) is 40.9 cm³/mol. The molecule has 64 valence electrons. The maximum absolute atomic E-state index is 10.1. The maximum atomic E-state index is 10.1. The third-order valence-electron chi connectivity index (χ3n) is 1.05. The average molecular weight is 160 g/mol. The minimum atomic E-state index is -1.01. The van der Waals surface area contributed by atoms with Crippen LogP contribution in [0.2, 0.25) is 0 Å². The molecular weight excluding hydrogens is 148 g/mol. The largest absolute Gasteiger partial charge is 0.480 e. The Morgan fingerprint density at radius 3 is 2.91 bits per heavy atom. The lowest BCUT2D eigenvalue weighted by Crippen LogP contribution is -2.30. The van der Waals surface area contributed by atoms with Crippen molar-refractivity contribution in [1.29, 1.82) is 0 Å². The topological polar surface area (TPSA) is 114 Å².